The largest absolute Gasteiger partial charge is 0.545 e. The highest BCUT2D eigenvalue weighted by Gasteiger charge is 2.17. The number of carboxylic acid groups (broad SMARTS) is 1. The summed E-state index contributed by atoms with van der Waals surface area (Å²) in [5, 5.41) is 24.3. The minimum atomic E-state index is -1.62. The van der Waals surface area contributed by atoms with Gasteiger partial charge in [-0.05, 0) is 37.3 Å². The zero-order chi connectivity index (χ0) is 17.9. The Balaban J connectivity index is 2.34. The maximum atomic E-state index is 12.2. The summed E-state index contributed by atoms with van der Waals surface area (Å²) in [5.74, 6) is -2.61. The Kier molecular flexibility index (Phi) is 4.69. The smallest absolute Gasteiger partial charge is 0.270 e. The van der Waals surface area contributed by atoms with Crippen LogP contribution in [0, 0.1) is 10.1 Å². The van der Waals surface area contributed by atoms with Gasteiger partial charge in [-0.15, -0.1) is 0 Å². The van der Waals surface area contributed by atoms with E-state index in [-0.39, 0.29) is 11.3 Å². The van der Waals surface area contributed by atoms with Gasteiger partial charge in [0.25, 0.3) is 11.6 Å². The average Bonchev–Trinajstić information content (AvgIpc) is 2.54. The summed E-state index contributed by atoms with van der Waals surface area (Å²) in [4.78, 5) is 44.6. The van der Waals surface area contributed by atoms with E-state index >= 15 is 0 Å². The molecule has 0 spiro atoms. The number of aromatic carboxylic acids is 1. The van der Waals surface area contributed by atoms with E-state index in [2.05, 4.69) is 5.32 Å². The molecular weight excluding hydrogens is 316 g/mol. The van der Waals surface area contributed by atoms with Gasteiger partial charge in [0.15, 0.2) is 5.78 Å². The maximum Gasteiger partial charge on any atom is 0.270 e. The fraction of sp³-hybridized carbons (Fsp3) is 0.0625. The summed E-state index contributed by atoms with van der Waals surface area (Å²) in [6.45, 7) is 1.39. The molecular formula is C16H11N2O6-. The Morgan fingerprint density at radius 1 is 1.00 bits per heavy atom. The number of hydrogen-bond donors (Lipinski definition) is 1. The number of ketones is 1. The van der Waals surface area contributed by atoms with Gasteiger partial charge in [-0.3, -0.25) is 19.7 Å². The maximum absolute atomic E-state index is 12.2. The van der Waals surface area contributed by atoms with Gasteiger partial charge in [0.2, 0.25) is 0 Å². The van der Waals surface area contributed by atoms with Gasteiger partial charge >= 0.3 is 0 Å². The van der Waals surface area contributed by atoms with Crippen molar-refractivity contribution >= 4 is 29.0 Å². The molecule has 2 aromatic rings. The van der Waals surface area contributed by atoms with E-state index in [9.17, 15) is 29.6 Å². The van der Waals surface area contributed by atoms with Crippen LogP contribution in [0.25, 0.3) is 0 Å². The van der Waals surface area contributed by atoms with Crippen LogP contribution in [0.2, 0.25) is 0 Å². The molecule has 0 unspecified atom stereocenters. The van der Waals surface area contributed by atoms with Crippen LogP contribution in [0.5, 0.6) is 0 Å². The Labute approximate surface area is 135 Å². The summed E-state index contributed by atoms with van der Waals surface area (Å²) in [6.07, 6.45) is 0. The Bertz CT molecular complexity index is 842. The molecule has 1 N–H and O–H groups in total. The van der Waals surface area contributed by atoms with Gasteiger partial charge < -0.3 is 15.2 Å². The molecule has 24 heavy (non-hydrogen) atoms. The number of carboxylic acids is 1. The minimum Gasteiger partial charge on any atom is -0.545 e. The standard InChI is InChI=1S/C16H12N2O6/c1-9(19)10-2-4-11(5-3-10)17-15(20)14-8-12(18(23)24)6-7-13(14)16(21)22/h2-8H,1H3,(H,17,20)(H,21,22)/p-1. The Morgan fingerprint density at radius 3 is 2.12 bits per heavy atom. The lowest BCUT2D eigenvalue weighted by Gasteiger charge is -2.11. The van der Waals surface area contributed by atoms with Gasteiger partial charge in [0, 0.05) is 28.9 Å². The van der Waals surface area contributed by atoms with Gasteiger partial charge in [0.05, 0.1) is 16.5 Å². The third-order valence-electron chi connectivity index (χ3n) is 3.23. The third-order valence-corrected chi connectivity index (χ3v) is 3.23. The number of carbonyl (C=O) groups is 3. The molecule has 0 atom stereocenters. The molecule has 0 saturated heterocycles. The molecule has 2 aromatic carbocycles. The van der Waals surface area contributed by atoms with Crippen molar-refractivity contribution in [3.63, 3.8) is 0 Å². The van der Waals surface area contributed by atoms with Crippen molar-refractivity contribution in [2.24, 2.45) is 0 Å². The van der Waals surface area contributed by atoms with Gasteiger partial charge in [-0.2, -0.15) is 0 Å². The number of Topliss-reactive ketones (excluding diaryl/α,β-unsaturated/α-hetero) is 1. The van der Waals surface area contributed by atoms with Gasteiger partial charge in [0.1, 0.15) is 0 Å². The first-order chi connectivity index (χ1) is 11.3. The number of nitro groups is 1. The molecule has 8 nitrogen and oxygen atoms in total. The predicted octanol–water partition coefficient (Wildman–Crippen LogP) is 1.41. The van der Waals surface area contributed by atoms with Crippen molar-refractivity contribution < 1.29 is 24.4 Å². The van der Waals surface area contributed by atoms with Crippen molar-refractivity contribution in [2.45, 2.75) is 6.92 Å². The summed E-state index contributed by atoms with van der Waals surface area (Å²) < 4.78 is 0. The molecule has 2 rings (SSSR count). The van der Waals surface area contributed by atoms with Crippen LogP contribution >= 0.6 is 0 Å². The van der Waals surface area contributed by atoms with E-state index in [0.29, 0.717) is 11.3 Å². The lowest BCUT2D eigenvalue weighted by atomic mass is 10.1. The summed E-state index contributed by atoms with van der Waals surface area (Å²) in [7, 11) is 0. The van der Waals surface area contributed by atoms with E-state index < -0.39 is 28.1 Å². The highest BCUT2D eigenvalue weighted by atomic mass is 16.6. The number of benzene rings is 2. The normalized spacial score (nSPS) is 10.0. The number of anilines is 1. The van der Waals surface area contributed by atoms with E-state index in [0.717, 1.165) is 18.2 Å². The Morgan fingerprint density at radius 2 is 1.62 bits per heavy atom. The molecule has 0 fully saturated rings. The quantitative estimate of drug-likeness (QED) is 0.502. The van der Waals surface area contributed by atoms with Crippen molar-refractivity contribution in [3.8, 4) is 0 Å². The molecule has 0 aliphatic carbocycles. The number of amides is 1. The number of non-ortho nitro benzene ring substituents is 1. The number of rotatable bonds is 5. The fourth-order valence-corrected chi connectivity index (χ4v) is 2.00. The first kappa shape index (κ1) is 16.8. The average molecular weight is 327 g/mol. The molecule has 0 aliphatic heterocycles. The van der Waals surface area contributed by atoms with Crippen molar-refractivity contribution in [1.82, 2.24) is 0 Å². The van der Waals surface area contributed by atoms with Crippen molar-refractivity contribution in [1.29, 1.82) is 0 Å². The third kappa shape index (κ3) is 3.61. The van der Waals surface area contributed by atoms with E-state index in [4.69, 9.17) is 0 Å². The fourth-order valence-electron chi connectivity index (χ4n) is 2.00. The molecule has 1 amide bonds. The second-order valence-electron chi connectivity index (χ2n) is 4.86. The van der Waals surface area contributed by atoms with Gasteiger partial charge in [-0.1, -0.05) is 0 Å². The second kappa shape index (κ2) is 6.69. The van der Waals surface area contributed by atoms with Crippen LogP contribution < -0.4 is 10.4 Å². The van der Waals surface area contributed by atoms with Crippen LogP contribution in [0.1, 0.15) is 38.0 Å². The number of nitro benzene ring substituents is 1. The summed E-state index contributed by atoms with van der Waals surface area (Å²) >= 11 is 0. The van der Waals surface area contributed by atoms with Crippen LogP contribution in [-0.4, -0.2) is 22.6 Å². The van der Waals surface area contributed by atoms with E-state index in [1.54, 1.807) is 0 Å². The highest BCUT2D eigenvalue weighted by molar-refractivity contribution is 6.10. The molecule has 8 heteroatoms. The minimum absolute atomic E-state index is 0.147. The van der Waals surface area contributed by atoms with E-state index in [1.165, 1.54) is 31.2 Å². The second-order valence-corrected chi connectivity index (χ2v) is 4.86. The molecule has 0 aliphatic rings. The van der Waals surface area contributed by atoms with Crippen molar-refractivity contribution in [3.05, 3.63) is 69.3 Å². The SMILES string of the molecule is CC(=O)c1ccc(NC(=O)c2cc([N+](=O)[O-])ccc2C(=O)[O-])cc1. The summed E-state index contributed by atoms with van der Waals surface area (Å²) in [6, 6.07) is 8.70. The molecule has 0 radical (unpaired) electrons. The first-order valence-corrected chi connectivity index (χ1v) is 6.71. The first-order valence-electron chi connectivity index (χ1n) is 6.71. The van der Waals surface area contributed by atoms with Crippen LogP contribution in [0.15, 0.2) is 42.5 Å². The highest BCUT2D eigenvalue weighted by Crippen LogP contribution is 2.19. The summed E-state index contributed by atoms with van der Waals surface area (Å²) in [5.41, 5.74) is -0.519. The molecule has 0 saturated carbocycles. The number of carbonyl (C=O) groups excluding carboxylic acids is 3. The van der Waals surface area contributed by atoms with Crippen LogP contribution in [0.3, 0.4) is 0 Å². The monoisotopic (exact) mass is 327 g/mol. The molecule has 0 bridgehead atoms. The molecule has 0 aromatic heterocycles. The number of nitrogens with zero attached hydrogens (tertiary/aromatic N) is 1. The van der Waals surface area contributed by atoms with Gasteiger partial charge in [-0.25, -0.2) is 0 Å². The lowest BCUT2D eigenvalue weighted by molar-refractivity contribution is -0.384. The Hall–Kier alpha value is -3.55. The number of hydrogen-bond acceptors (Lipinski definition) is 6. The molecule has 122 valence electrons. The molecule has 0 heterocycles. The van der Waals surface area contributed by atoms with Crippen molar-refractivity contribution in [2.75, 3.05) is 5.32 Å². The van der Waals surface area contributed by atoms with Crippen LogP contribution in [-0.2, 0) is 0 Å². The van der Waals surface area contributed by atoms with E-state index in [1.807, 2.05) is 0 Å². The van der Waals surface area contributed by atoms with Crippen LogP contribution in [0.4, 0.5) is 11.4 Å². The lowest BCUT2D eigenvalue weighted by Crippen LogP contribution is -2.26. The number of nitrogens with one attached hydrogen (secondary N) is 1. The zero-order valence-electron chi connectivity index (χ0n) is 12.4. The predicted molar refractivity (Wildman–Crippen MR) is 81.8 cm³/mol. The topological polar surface area (TPSA) is 129 Å². The zero-order valence-corrected chi connectivity index (χ0v) is 12.4.